The van der Waals surface area contributed by atoms with E-state index in [0.717, 1.165) is 22.8 Å². The van der Waals surface area contributed by atoms with Gasteiger partial charge in [-0.2, -0.15) is 0 Å². The lowest BCUT2D eigenvalue weighted by Gasteiger charge is -2.04. The van der Waals surface area contributed by atoms with Gasteiger partial charge in [-0.3, -0.25) is 4.79 Å². The second-order valence-electron chi connectivity index (χ2n) is 3.29. The van der Waals surface area contributed by atoms with E-state index in [1.54, 1.807) is 0 Å². The first-order chi connectivity index (χ1) is 7.33. The molecule has 0 fully saturated rings. The van der Waals surface area contributed by atoms with Crippen molar-refractivity contribution in [2.45, 2.75) is 25.9 Å². The third-order valence-corrected chi connectivity index (χ3v) is 2.77. The van der Waals surface area contributed by atoms with Crippen molar-refractivity contribution in [3.63, 3.8) is 0 Å². The topological polar surface area (TPSA) is 26.3 Å². The number of carbonyl (C=O) groups is 1. The first-order valence-corrected chi connectivity index (χ1v) is 6.61. The van der Waals surface area contributed by atoms with E-state index < -0.39 is 0 Å². The molecule has 0 amide bonds. The summed E-state index contributed by atoms with van der Waals surface area (Å²) in [6, 6.07) is 9.75. The third-order valence-electron chi connectivity index (χ3n) is 2.01. The largest absolute Gasteiger partial charge is 0.461 e. The molecule has 0 aliphatic rings. The molecule has 0 bridgehead atoms. The van der Waals surface area contributed by atoms with E-state index in [9.17, 15) is 4.79 Å². The summed E-state index contributed by atoms with van der Waals surface area (Å²) in [5, 5.41) is 0. The first kappa shape index (κ1) is 12.5. The van der Waals surface area contributed by atoms with Crippen LogP contribution in [0, 0.1) is 0 Å². The SMILES string of the molecule is O=C(CCCCI)OCc1ccccc1. The van der Waals surface area contributed by atoms with Crippen molar-refractivity contribution < 1.29 is 9.53 Å². The van der Waals surface area contributed by atoms with E-state index >= 15 is 0 Å². The number of carbonyl (C=O) groups excluding carboxylic acids is 1. The summed E-state index contributed by atoms with van der Waals surface area (Å²) >= 11 is 2.31. The van der Waals surface area contributed by atoms with Crippen molar-refractivity contribution in [2.24, 2.45) is 0 Å². The molecule has 2 nitrogen and oxygen atoms in total. The summed E-state index contributed by atoms with van der Waals surface area (Å²) in [6.45, 7) is 0.393. The van der Waals surface area contributed by atoms with E-state index in [1.165, 1.54) is 0 Å². The molecule has 0 unspecified atom stereocenters. The standard InChI is InChI=1S/C12H15IO2/c13-9-5-4-8-12(14)15-10-11-6-2-1-3-7-11/h1-3,6-7H,4-5,8-10H2. The van der Waals surface area contributed by atoms with Gasteiger partial charge in [-0.05, 0) is 22.8 Å². The Hall–Kier alpha value is -0.580. The van der Waals surface area contributed by atoms with Crippen molar-refractivity contribution in [3.05, 3.63) is 35.9 Å². The molecule has 0 radical (unpaired) electrons. The van der Waals surface area contributed by atoms with Crippen LogP contribution in [0.4, 0.5) is 0 Å². The summed E-state index contributed by atoms with van der Waals surface area (Å²) < 4.78 is 6.23. The van der Waals surface area contributed by atoms with Crippen LogP contribution in [0.15, 0.2) is 30.3 Å². The monoisotopic (exact) mass is 318 g/mol. The molecular weight excluding hydrogens is 303 g/mol. The highest BCUT2D eigenvalue weighted by molar-refractivity contribution is 14.1. The van der Waals surface area contributed by atoms with Crippen molar-refractivity contribution in [1.82, 2.24) is 0 Å². The number of hydrogen-bond acceptors (Lipinski definition) is 2. The second-order valence-corrected chi connectivity index (χ2v) is 4.37. The molecule has 1 aromatic carbocycles. The maximum atomic E-state index is 11.3. The Kier molecular flexibility index (Phi) is 6.39. The smallest absolute Gasteiger partial charge is 0.306 e. The number of alkyl halides is 1. The summed E-state index contributed by atoms with van der Waals surface area (Å²) in [5.41, 5.74) is 1.04. The van der Waals surface area contributed by atoms with Gasteiger partial charge in [-0.15, -0.1) is 0 Å². The molecule has 0 atom stereocenters. The van der Waals surface area contributed by atoms with Gasteiger partial charge in [0.2, 0.25) is 0 Å². The van der Waals surface area contributed by atoms with E-state index in [4.69, 9.17) is 4.74 Å². The van der Waals surface area contributed by atoms with Gasteiger partial charge < -0.3 is 4.74 Å². The average molecular weight is 318 g/mol. The van der Waals surface area contributed by atoms with Crippen LogP contribution in [0.2, 0.25) is 0 Å². The summed E-state index contributed by atoms with van der Waals surface area (Å²) in [4.78, 5) is 11.3. The zero-order valence-corrected chi connectivity index (χ0v) is 10.8. The van der Waals surface area contributed by atoms with E-state index in [-0.39, 0.29) is 5.97 Å². The maximum absolute atomic E-state index is 11.3. The van der Waals surface area contributed by atoms with Crippen LogP contribution in [-0.2, 0) is 16.1 Å². The predicted molar refractivity (Wildman–Crippen MR) is 69.0 cm³/mol. The van der Waals surface area contributed by atoms with Gasteiger partial charge in [-0.1, -0.05) is 52.9 Å². The molecular formula is C12H15IO2. The minimum Gasteiger partial charge on any atom is -0.461 e. The van der Waals surface area contributed by atoms with Crippen LogP contribution in [0.3, 0.4) is 0 Å². The molecule has 0 saturated carbocycles. The minimum absolute atomic E-state index is 0.0938. The second kappa shape index (κ2) is 7.68. The van der Waals surface area contributed by atoms with Gasteiger partial charge >= 0.3 is 5.97 Å². The number of ether oxygens (including phenoxy) is 1. The van der Waals surface area contributed by atoms with Crippen LogP contribution in [0.5, 0.6) is 0 Å². The molecule has 1 rings (SSSR count). The van der Waals surface area contributed by atoms with E-state index in [0.29, 0.717) is 13.0 Å². The van der Waals surface area contributed by atoms with Crippen molar-refractivity contribution >= 4 is 28.6 Å². The van der Waals surface area contributed by atoms with Crippen LogP contribution < -0.4 is 0 Å². The summed E-state index contributed by atoms with van der Waals surface area (Å²) in [7, 11) is 0. The Labute approximate surface area is 104 Å². The molecule has 0 heterocycles. The maximum Gasteiger partial charge on any atom is 0.306 e. The molecule has 0 aliphatic carbocycles. The highest BCUT2D eigenvalue weighted by Crippen LogP contribution is 2.04. The highest BCUT2D eigenvalue weighted by Gasteiger charge is 2.02. The highest BCUT2D eigenvalue weighted by atomic mass is 127. The number of unbranched alkanes of at least 4 members (excludes halogenated alkanes) is 1. The number of hydrogen-bond donors (Lipinski definition) is 0. The molecule has 0 spiro atoms. The Morgan fingerprint density at radius 2 is 1.93 bits per heavy atom. The summed E-state index contributed by atoms with van der Waals surface area (Å²) in [5.74, 6) is -0.0938. The minimum atomic E-state index is -0.0938. The molecule has 0 saturated heterocycles. The Morgan fingerprint density at radius 3 is 2.60 bits per heavy atom. The number of halogens is 1. The lowest BCUT2D eigenvalue weighted by Crippen LogP contribution is -2.04. The Morgan fingerprint density at radius 1 is 1.20 bits per heavy atom. The molecule has 0 aromatic heterocycles. The van der Waals surface area contributed by atoms with Gasteiger partial charge in [0.05, 0.1) is 0 Å². The van der Waals surface area contributed by atoms with Crippen molar-refractivity contribution in [1.29, 1.82) is 0 Å². The fourth-order valence-corrected chi connectivity index (χ4v) is 1.71. The average Bonchev–Trinajstić information content (AvgIpc) is 2.28. The lowest BCUT2D eigenvalue weighted by atomic mass is 10.2. The predicted octanol–water partition coefficient (Wildman–Crippen LogP) is 3.34. The van der Waals surface area contributed by atoms with Gasteiger partial charge in [-0.25, -0.2) is 0 Å². The molecule has 3 heteroatoms. The number of esters is 1. The van der Waals surface area contributed by atoms with Gasteiger partial charge in [0.25, 0.3) is 0 Å². The Bertz CT molecular complexity index is 285. The van der Waals surface area contributed by atoms with Gasteiger partial charge in [0.1, 0.15) is 6.61 Å². The van der Waals surface area contributed by atoms with Crippen LogP contribution in [0.1, 0.15) is 24.8 Å². The summed E-state index contributed by atoms with van der Waals surface area (Å²) in [6.07, 6.45) is 2.55. The van der Waals surface area contributed by atoms with Crippen LogP contribution in [-0.4, -0.2) is 10.4 Å². The normalized spacial score (nSPS) is 9.93. The van der Waals surface area contributed by atoms with Crippen LogP contribution >= 0.6 is 22.6 Å². The quantitative estimate of drug-likeness (QED) is 0.348. The number of benzene rings is 1. The van der Waals surface area contributed by atoms with Crippen LogP contribution in [0.25, 0.3) is 0 Å². The van der Waals surface area contributed by atoms with Gasteiger partial charge in [0, 0.05) is 6.42 Å². The number of rotatable bonds is 6. The lowest BCUT2D eigenvalue weighted by molar-refractivity contribution is -0.145. The molecule has 1 aromatic rings. The van der Waals surface area contributed by atoms with E-state index in [1.807, 2.05) is 30.3 Å². The van der Waals surface area contributed by atoms with Crippen molar-refractivity contribution in [2.75, 3.05) is 4.43 Å². The fraction of sp³-hybridized carbons (Fsp3) is 0.417. The first-order valence-electron chi connectivity index (χ1n) is 5.08. The molecule has 82 valence electrons. The molecule has 0 N–H and O–H groups in total. The van der Waals surface area contributed by atoms with Crippen molar-refractivity contribution in [3.8, 4) is 0 Å². The zero-order valence-electron chi connectivity index (χ0n) is 8.62. The fourth-order valence-electron chi connectivity index (χ4n) is 1.17. The molecule has 15 heavy (non-hydrogen) atoms. The molecule has 0 aliphatic heterocycles. The van der Waals surface area contributed by atoms with Gasteiger partial charge in [0.15, 0.2) is 0 Å². The Balaban J connectivity index is 2.17. The zero-order chi connectivity index (χ0) is 10.9. The third kappa shape index (κ3) is 5.77. The van der Waals surface area contributed by atoms with E-state index in [2.05, 4.69) is 22.6 Å².